The molecule has 0 amide bonds. The summed E-state index contributed by atoms with van der Waals surface area (Å²) in [5, 5.41) is 19.4. The zero-order chi connectivity index (χ0) is 14.4. The monoisotopic (exact) mass is 271 g/mol. The number of methoxy groups -OCH3 is 1. The van der Waals surface area contributed by atoms with Crippen molar-refractivity contribution in [3.8, 4) is 6.07 Å². The molecule has 0 atom stereocenters. The van der Waals surface area contributed by atoms with Gasteiger partial charge in [0.2, 0.25) is 0 Å². The Hall–Kier alpha value is -2.16. The second kappa shape index (κ2) is 6.85. The summed E-state index contributed by atoms with van der Waals surface area (Å²) in [6, 6.07) is 11.7. The van der Waals surface area contributed by atoms with Crippen LogP contribution in [0, 0.1) is 11.3 Å². The smallest absolute Gasteiger partial charge is 0.147 e. The number of nitriles is 1. The van der Waals surface area contributed by atoms with E-state index in [9.17, 15) is 10.4 Å². The first-order valence-electron chi connectivity index (χ1n) is 6.44. The van der Waals surface area contributed by atoms with Crippen molar-refractivity contribution in [2.45, 2.75) is 0 Å². The zero-order valence-electron chi connectivity index (χ0n) is 11.4. The van der Waals surface area contributed by atoms with Gasteiger partial charge >= 0.3 is 0 Å². The fraction of sp³-hybridized carbons (Fsp3) is 0.333. The molecule has 0 spiro atoms. The van der Waals surface area contributed by atoms with Crippen LogP contribution >= 0.6 is 0 Å². The topological polar surface area (TPSA) is 69.4 Å². The van der Waals surface area contributed by atoms with Gasteiger partial charge in [-0.3, -0.25) is 0 Å². The van der Waals surface area contributed by atoms with Crippen molar-refractivity contribution in [2.24, 2.45) is 0 Å². The number of aliphatic hydroxyl groups is 1. The minimum absolute atomic E-state index is 0.00307. The molecule has 0 aliphatic rings. The van der Waals surface area contributed by atoms with Crippen LogP contribution in [-0.2, 0) is 4.74 Å². The van der Waals surface area contributed by atoms with Crippen LogP contribution in [0.3, 0.4) is 0 Å². The Balaban J connectivity index is 2.46. The van der Waals surface area contributed by atoms with Crippen LogP contribution < -0.4 is 4.90 Å². The number of aromatic nitrogens is 1. The lowest BCUT2D eigenvalue weighted by molar-refractivity contribution is 0.202. The highest BCUT2D eigenvalue weighted by Crippen LogP contribution is 2.22. The van der Waals surface area contributed by atoms with Crippen LogP contribution in [0.2, 0.25) is 0 Å². The summed E-state index contributed by atoms with van der Waals surface area (Å²) in [6.45, 7) is 1.52. The van der Waals surface area contributed by atoms with Gasteiger partial charge in [-0.25, -0.2) is 4.98 Å². The summed E-state index contributed by atoms with van der Waals surface area (Å²) < 4.78 is 5.07. The highest BCUT2D eigenvalue weighted by Gasteiger charge is 2.14. The molecule has 0 aliphatic carbocycles. The summed E-state index contributed by atoms with van der Waals surface area (Å²) in [5.74, 6) is 0.595. The van der Waals surface area contributed by atoms with E-state index in [-0.39, 0.29) is 6.61 Å². The highest BCUT2D eigenvalue weighted by molar-refractivity contribution is 5.83. The number of rotatable bonds is 6. The van der Waals surface area contributed by atoms with Gasteiger partial charge in [0.15, 0.2) is 0 Å². The number of hydrogen-bond acceptors (Lipinski definition) is 5. The molecule has 20 heavy (non-hydrogen) atoms. The third kappa shape index (κ3) is 3.05. The number of nitrogens with zero attached hydrogens (tertiary/aromatic N) is 3. The second-order valence-electron chi connectivity index (χ2n) is 4.37. The molecule has 1 heterocycles. The van der Waals surface area contributed by atoms with Crippen molar-refractivity contribution in [3.63, 3.8) is 0 Å². The molecule has 0 saturated carbocycles. The van der Waals surface area contributed by atoms with Gasteiger partial charge < -0.3 is 14.7 Å². The Morgan fingerprint density at radius 2 is 2.15 bits per heavy atom. The molecule has 0 saturated heterocycles. The number of para-hydroxylation sites is 1. The number of anilines is 1. The molecular weight excluding hydrogens is 254 g/mol. The Morgan fingerprint density at radius 1 is 1.35 bits per heavy atom. The molecule has 0 unspecified atom stereocenters. The van der Waals surface area contributed by atoms with E-state index in [0.717, 1.165) is 10.9 Å². The van der Waals surface area contributed by atoms with E-state index in [2.05, 4.69) is 11.1 Å². The normalized spacial score (nSPS) is 10.4. The molecule has 1 aromatic carbocycles. The van der Waals surface area contributed by atoms with Crippen molar-refractivity contribution in [1.82, 2.24) is 4.98 Å². The molecule has 5 nitrogen and oxygen atoms in total. The third-order valence-electron chi connectivity index (χ3n) is 3.06. The molecule has 1 N–H and O–H groups in total. The van der Waals surface area contributed by atoms with E-state index in [1.54, 1.807) is 7.11 Å². The first-order valence-corrected chi connectivity index (χ1v) is 6.44. The maximum Gasteiger partial charge on any atom is 0.147 e. The number of hydrogen-bond donors (Lipinski definition) is 1. The van der Waals surface area contributed by atoms with Crippen LogP contribution in [0.15, 0.2) is 30.3 Å². The fourth-order valence-corrected chi connectivity index (χ4v) is 2.07. The van der Waals surface area contributed by atoms with Gasteiger partial charge in [0.1, 0.15) is 11.9 Å². The average Bonchev–Trinajstić information content (AvgIpc) is 2.50. The fourth-order valence-electron chi connectivity index (χ4n) is 2.07. The van der Waals surface area contributed by atoms with Crippen molar-refractivity contribution in [2.75, 3.05) is 38.3 Å². The number of ether oxygens (including phenoxy) is 1. The molecule has 5 heteroatoms. The van der Waals surface area contributed by atoms with Gasteiger partial charge in [0.25, 0.3) is 0 Å². The zero-order valence-corrected chi connectivity index (χ0v) is 11.4. The Bertz CT molecular complexity index is 622. The lowest BCUT2D eigenvalue weighted by atomic mass is 10.1. The molecule has 0 fully saturated rings. The van der Waals surface area contributed by atoms with Crippen LogP contribution in [-0.4, -0.2) is 43.5 Å². The van der Waals surface area contributed by atoms with Crippen molar-refractivity contribution < 1.29 is 9.84 Å². The third-order valence-corrected chi connectivity index (χ3v) is 3.06. The Morgan fingerprint density at radius 3 is 2.85 bits per heavy atom. The van der Waals surface area contributed by atoms with Gasteiger partial charge in [-0.2, -0.15) is 5.26 Å². The predicted octanol–water partition coefficient (Wildman–Crippen LogP) is 1.55. The van der Waals surface area contributed by atoms with E-state index in [1.165, 1.54) is 0 Å². The highest BCUT2D eigenvalue weighted by atomic mass is 16.5. The second-order valence-corrected chi connectivity index (χ2v) is 4.37. The maximum absolute atomic E-state index is 9.31. The summed E-state index contributed by atoms with van der Waals surface area (Å²) in [5.41, 5.74) is 1.34. The van der Waals surface area contributed by atoms with Gasteiger partial charge in [-0.1, -0.05) is 18.2 Å². The first kappa shape index (κ1) is 14.3. The Labute approximate surface area is 118 Å². The number of aliphatic hydroxyl groups excluding tert-OH is 1. The van der Waals surface area contributed by atoms with Crippen LogP contribution in [0.1, 0.15) is 5.56 Å². The van der Waals surface area contributed by atoms with Crippen molar-refractivity contribution in [3.05, 3.63) is 35.9 Å². The Kier molecular flexibility index (Phi) is 4.88. The van der Waals surface area contributed by atoms with Crippen LogP contribution in [0.5, 0.6) is 0 Å². The maximum atomic E-state index is 9.31. The average molecular weight is 271 g/mol. The van der Waals surface area contributed by atoms with E-state index in [1.807, 2.05) is 35.2 Å². The van der Waals surface area contributed by atoms with Crippen LogP contribution in [0.25, 0.3) is 10.9 Å². The van der Waals surface area contributed by atoms with E-state index < -0.39 is 0 Å². The molecule has 104 valence electrons. The van der Waals surface area contributed by atoms with Crippen LogP contribution in [0.4, 0.5) is 5.82 Å². The van der Waals surface area contributed by atoms with Gasteiger partial charge in [-0.15, -0.1) is 0 Å². The number of benzene rings is 1. The van der Waals surface area contributed by atoms with Crippen molar-refractivity contribution >= 4 is 16.7 Å². The predicted molar refractivity (Wildman–Crippen MR) is 77.6 cm³/mol. The van der Waals surface area contributed by atoms with Gasteiger partial charge in [0.05, 0.1) is 24.3 Å². The lowest BCUT2D eigenvalue weighted by Gasteiger charge is -2.23. The standard InChI is InChI=1S/C15H17N3O2/c1-20-9-7-18(6-8-19)15-13(11-16)10-12-4-2-3-5-14(12)17-15/h2-5,10,19H,6-9H2,1H3. The minimum Gasteiger partial charge on any atom is -0.395 e. The van der Waals surface area contributed by atoms with E-state index in [4.69, 9.17) is 4.74 Å². The molecule has 0 radical (unpaired) electrons. The summed E-state index contributed by atoms with van der Waals surface area (Å²) in [6.07, 6.45) is 0. The van der Waals surface area contributed by atoms with Gasteiger partial charge in [0, 0.05) is 25.6 Å². The van der Waals surface area contributed by atoms with Gasteiger partial charge in [-0.05, 0) is 12.1 Å². The summed E-state index contributed by atoms with van der Waals surface area (Å²) >= 11 is 0. The summed E-state index contributed by atoms with van der Waals surface area (Å²) in [7, 11) is 1.62. The molecule has 2 rings (SSSR count). The SMILES string of the molecule is COCCN(CCO)c1nc2ccccc2cc1C#N. The number of pyridine rings is 1. The number of fused-ring (bicyclic) bond motifs is 1. The molecule has 2 aromatic rings. The minimum atomic E-state index is 0.00307. The molecular formula is C15H17N3O2. The molecule has 0 bridgehead atoms. The summed E-state index contributed by atoms with van der Waals surface area (Å²) in [4.78, 5) is 6.42. The van der Waals surface area contributed by atoms with Crippen molar-refractivity contribution in [1.29, 1.82) is 5.26 Å². The van der Waals surface area contributed by atoms with E-state index in [0.29, 0.717) is 31.1 Å². The quantitative estimate of drug-likeness (QED) is 0.863. The largest absolute Gasteiger partial charge is 0.395 e. The lowest BCUT2D eigenvalue weighted by Crippen LogP contribution is -2.31. The molecule has 0 aliphatic heterocycles. The first-order chi connectivity index (χ1) is 9.80. The van der Waals surface area contributed by atoms with E-state index >= 15 is 0 Å². The molecule has 1 aromatic heterocycles.